The number of hydrogen-bond donors (Lipinski definition) is 0. The molecule has 2 aliphatic heterocycles. The highest BCUT2D eigenvalue weighted by Crippen LogP contribution is 2.65. The largest absolute Gasteiger partial charge is 0.469 e. The van der Waals surface area contributed by atoms with Crippen molar-refractivity contribution in [3.63, 3.8) is 0 Å². The maximum absolute atomic E-state index is 12.0. The summed E-state index contributed by atoms with van der Waals surface area (Å²) in [6.07, 6.45) is 19.9. The standard InChI is InChI=1S/C36H62O6/c1-6-30(42-33-12-8-10-24-40-33)34-28(35(3)20-17-26(18-21-35)41-32-11-7-9-23-39-32)19-22-36(4)27(14-15-29(34)36)25(2)13-16-31(37)38-5/h25-30,32-34H,6-24H2,1-5H3/t25-,26?,27?,28?,29?,30-,32?,33?,34?,35?,36-/m1/s1. The Morgan fingerprint density at radius 3 is 2.17 bits per heavy atom. The van der Waals surface area contributed by atoms with E-state index in [2.05, 4.69) is 27.7 Å². The van der Waals surface area contributed by atoms with Gasteiger partial charge in [0.05, 0.1) is 19.3 Å². The molecule has 0 radical (unpaired) electrons. The molecule has 6 nitrogen and oxygen atoms in total. The van der Waals surface area contributed by atoms with Gasteiger partial charge in [0, 0.05) is 19.6 Å². The average molecular weight is 591 g/mol. The van der Waals surface area contributed by atoms with Crippen molar-refractivity contribution in [2.24, 2.45) is 40.4 Å². The lowest BCUT2D eigenvalue weighted by Gasteiger charge is -2.57. The highest BCUT2D eigenvalue weighted by molar-refractivity contribution is 5.69. The molecule has 9 atom stereocenters. The van der Waals surface area contributed by atoms with Gasteiger partial charge in [-0.25, -0.2) is 0 Å². The lowest BCUT2D eigenvalue weighted by Crippen LogP contribution is -2.53. The summed E-state index contributed by atoms with van der Waals surface area (Å²) in [6, 6.07) is 0. The maximum Gasteiger partial charge on any atom is 0.305 e. The zero-order valence-corrected chi connectivity index (χ0v) is 27.6. The molecule has 2 heterocycles. The van der Waals surface area contributed by atoms with Gasteiger partial charge in [-0.15, -0.1) is 0 Å². The Bertz CT molecular complexity index is 842. The Morgan fingerprint density at radius 1 is 0.857 bits per heavy atom. The number of methoxy groups -OCH3 is 1. The Kier molecular flexibility index (Phi) is 11.4. The average Bonchev–Trinajstić information content (AvgIpc) is 3.37. The molecule has 2 saturated heterocycles. The number of ether oxygens (including phenoxy) is 5. The summed E-state index contributed by atoms with van der Waals surface area (Å²) in [5.74, 6) is 3.01. The quantitative estimate of drug-likeness (QED) is 0.225. The van der Waals surface area contributed by atoms with Crippen LogP contribution in [0.1, 0.15) is 137 Å². The fourth-order valence-electron chi connectivity index (χ4n) is 10.4. The number of carbonyl (C=O) groups is 1. The van der Waals surface area contributed by atoms with Gasteiger partial charge in [-0.1, -0.05) is 27.7 Å². The van der Waals surface area contributed by atoms with Crippen LogP contribution in [0.4, 0.5) is 0 Å². The van der Waals surface area contributed by atoms with E-state index < -0.39 is 0 Å². The van der Waals surface area contributed by atoms with Crippen LogP contribution in [0.2, 0.25) is 0 Å². The molecule has 3 saturated carbocycles. The normalized spacial score (nSPS) is 42.5. The Labute approximate surface area is 256 Å². The molecule has 5 aliphatic rings. The van der Waals surface area contributed by atoms with Gasteiger partial charge in [0.2, 0.25) is 0 Å². The van der Waals surface area contributed by atoms with E-state index in [4.69, 9.17) is 23.7 Å². The van der Waals surface area contributed by atoms with E-state index >= 15 is 0 Å². The monoisotopic (exact) mass is 590 g/mol. The van der Waals surface area contributed by atoms with E-state index in [1.54, 1.807) is 0 Å². The van der Waals surface area contributed by atoms with Crippen LogP contribution in [0.3, 0.4) is 0 Å². The topological polar surface area (TPSA) is 63.2 Å². The third-order valence-corrected chi connectivity index (χ3v) is 12.9. The van der Waals surface area contributed by atoms with Crippen molar-refractivity contribution >= 4 is 5.97 Å². The smallest absolute Gasteiger partial charge is 0.305 e. The first-order valence-corrected chi connectivity index (χ1v) is 17.9. The summed E-state index contributed by atoms with van der Waals surface area (Å²) in [4.78, 5) is 12.0. The molecule has 5 rings (SSSR count). The molecular weight excluding hydrogens is 528 g/mol. The first kappa shape index (κ1) is 32.7. The fraction of sp³-hybridized carbons (Fsp3) is 0.972. The molecule has 0 N–H and O–H groups in total. The van der Waals surface area contributed by atoms with Gasteiger partial charge in [-0.3, -0.25) is 4.79 Å². The van der Waals surface area contributed by atoms with Crippen molar-refractivity contribution in [3.8, 4) is 0 Å². The molecule has 0 aromatic carbocycles. The molecule has 6 heteroatoms. The summed E-state index contributed by atoms with van der Waals surface area (Å²) in [5, 5.41) is 0. The second-order valence-electron chi connectivity index (χ2n) is 15.3. The van der Waals surface area contributed by atoms with Crippen LogP contribution in [-0.2, 0) is 28.5 Å². The highest BCUT2D eigenvalue weighted by Gasteiger charge is 2.59. The minimum absolute atomic E-state index is 0.0150. The Balaban J connectivity index is 1.33. The van der Waals surface area contributed by atoms with Gasteiger partial charge >= 0.3 is 5.97 Å². The minimum atomic E-state index is -0.0716. The molecular formula is C36H62O6. The molecule has 242 valence electrons. The van der Waals surface area contributed by atoms with Crippen LogP contribution >= 0.6 is 0 Å². The minimum Gasteiger partial charge on any atom is -0.469 e. The molecule has 6 unspecified atom stereocenters. The number of hydrogen-bond acceptors (Lipinski definition) is 6. The Morgan fingerprint density at radius 2 is 1.55 bits per heavy atom. The number of rotatable bonds is 11. The summed E-state index contributed by atoms with van der Waals surface area (Å²) in [5.41, 5.74) is 0.619. The van der Waals surface area contributed by atoms with E-state index in [0.717, 1.165) is 58.2 Å². The molecule has 0 spiro atoms. The van der Waals surface area contributed by atoms with Crippen LogP contribution in [0.25, 0.3) is 0 Å². The van der Waals surface area contributed by atoms with Crippen molar-refractivity contribution in [1.82, 2.24) is 0 Å². The molecule has 0 amide bonds. The number of esters is 1. The van der Waals surface area contributed by atoms with Gasteiger partial charge in [0.15, 0.2) is 12.6 Å². The zero-order chi connectivity index (χ0) is 29.7. The van der Waals surface area contributed by atoms with Gasteiger partial charge in [0.1, 0.15) is 0 Å². The van der Waals surface area contributed by atoms with Gasteiger partial charge < -0.3 is 23.7 Å². The summed E-state index contributed by atoms with van der Waals surface area (Å²) < 4.78 is 30.6. The first-order valence-electron chi connectivity index (χ1n) is 17.9. The summed E-state index contributed by atoms with van der Waals surface area (Å²) >= 11 is 0. The second kappa shape index (κ2) is 14.6. The third-order valence-electron chi connectivity index (χ3n) is 12.9. The molecule has 42 heavy (non-hydrogen) atoms. The van der Waals surface area contributed by atoms with E-state index in [9.17, 15) is 4.79 Å². The lowest BCUT2D eigenvalue weighted by molar-refractivity contribution is -0.226. The van der Waals surface area contributed by atoms with Crippen LogP contribution < -0.4 is 0 Å². The van der Waals surface area contributed by atoms with Crippen LogP contribution in [-0.4, -0.2) is 51.1 Å². The third kappa shape index (κ3) is 7.23. The second-order valence-corrected chi connectivity index (χ2v) is 15.3. The zero-order valence-electron chi connectivity index (χ0n) is 27.6. The van der Waals surface area contributed by atoms with Crippen molar-refractivity contribution in [2.45, 2.75) is 162 Å². The molecule has 0 aromatic heterocycles. The van der Waals surface area contributed by atoms with E-state index in [0.29, 0.717) is 52.9 Å². The highest BCUT2D eigenvalue weighted by atomic mass is 16.7. The van der Waals surface area contributed by atoms with Gasteiger partial charge in [-0.2, -0.15) is 0 Å². The predicted molar refractivity (Wildman–Crippen MR) is 165 cm³/mol. The van der Waals surface area contributed by atoms with Gasteiger partial charge in [-0.05, 0) is 143 Å². The SMILES string of the molecule is CC[C@@H](OC1CCCCO1)C1C(C2(C)CCC(OC3CCCCO3)CC2)CC[C@@]2(C)C1CCC2[C@H](C)CCC(=O)OC. The predicted octanol–water partition coefficient (Wildman–Crippen LogP) is 8.45. The number of carbonyl (C=O) groups excluding carboxylic acids is 1. The van der Waals surface area contributed by atoms with Crippen molar-refractivity contribution < 1.29 is 28.5 Å². The Hall–Kier alpha value is -0.690. The maximum atomic E-state index is 12.0. The fourth-order valence-corrected chi connectivity index (χ4v) is 10.4. The lowest BCUT2D eigenvalue weighted by atomic mass is 9.49. The molecule has 0 aromatic rings. The summed E-state index contributed by atoms with van der Waals surface area (Å²) in [6.45, 7) is 11.6. The van der Waals surface area contributed by atoms with E-state index in [1.165, 1.54) is 64.9 Å². The molecule has 0 bridgehead atoms. The van der Waals surface area contributed by atoms with Crippen molar-refractivity contribution in [1.29, 1.82) is 0 Å². The van der Waals surface area contributed by atoms with Crippen molar-refractivity contribution in [2.75, 3.05) is 20.3 Å². The van der Waals surface area contributed by atoms with Crippen LogP contribution in [0.5, 0.6) is 0 Å². The van der Waals surface area contributed by atoms with Gasteiger partial charge in [0.25, 0.3) is 0 Å². The van der Waals surface area contributed by atoms with Crippen molar-refractivity contribution in [3.05, 3.63) is 0 Å². The van der Waals surface area contributed by atoms with E-state index in [-0.39, 0.29) is 24.7 Å². The molecule has 3 aliphatic carbocycles. The first-order chi connectivity index (χ1) is 20.3. The molecule has 5 fully saturated rings. The van der Waals surface area contributed by atoms with Crippen LogP contribution in [0, 0.1) is 40.4 Å². The number of fused-ring (bicyclic) bond motifs is 1. The van der Waals surface area contributed by atoms with E-state index in [1.807, 2.05) is 0 Å². The van der Waals surface area contributed by atoms with Crippen LogP contribution in [0.15, 0.2) is 0 Å². The summed E-state index contributed by atoms with van der Waals surface area (Å²) in [7, 11) is 1.51.